The molecule has 0 aliphatic carbocycles. The number of ether oxygens (including phenoxy) is 3. The number of alkyl halides is 3. The molecule has 0 saturated heterocycles. The van der Waals surface area contributed by atoms with Crippen LogP contribution in [0.1, 0.15) is 28.8 Å². The number of nitrogens with zero attached hydrogens (tertiary/aromatic N) is 2. The molecule has 0 atom stereocenters. The monoisotopic (exact) mass is 566 g/mol. The van der Waals surface area contributed by atoms with Crippen LogP contribution in [-0.4, -0.2) is 54.0 Å². The van der Waals surface area contributed by atoms with Gasteiger partial charge in [0.25, 0.3) is 5.56 Å². The molecule has 0 amide bonds. The summed E-state index contributed by atoms with van der Waals surface area (Å²) in [6.45, 7) is 2.14. The zero-order valence-corrected chi connectivity index (χ0v) is 21.7. The van der Waals surface area contributed by atoms with Crippen molar-refractivity contribution in [3.8, 4) is 5.75 Å². The third-order valence-corrected chi connectivity index (χ3v) is 6.30. The average Bonchev–Trinajstić information content (AvgIpc) is 3.40. The highest BCUT2D eigenvalue weighted by Gasteiger charge is 2.32. The van der Waals surface area contributed by atoms with Gasteiger partial charge in [0.2, 0.25) is 0 Å². The zero-order valence-electron chi connectivity index (χ0n) is 20.9. The van der Waals surface area contributed by atoms with E-state index in [0.29, 0.717) is 41.7 Å². The number of benzene rings is 2. The van der Waals surface area contributed by atoms with Crippen molar-refractivity contribution in [2.45, 2.75) is 32.3 Å². The predicted molar refractivity (Wildman–Crippen MR) is 139 cm³/mol. The summed E-state index contributed by atoms with van der Waals surface area (Å²) >= 11 is 5.87. The molecule has 0 radical (unpaired) electrons. The smallest absolute Gasteiger partial charge is 0.465 e. The van der Waals surface area contributed by atoms with E-state index in [1.165, 1.54) is 25.3 Å². The highest BCUT2D eigenvalue weighted by atomic mass is 35.5. The predicted octanol–water partition coefficient (Wildman–Crippen LogP) is 4.80. The van der Waals surface area contributed by atoms with Gasteiger partial charge in [0, 0.05) is 30.5 Å². The Morgan fingerprint density at radius 2 is 1.95 bits per heavy atom. The number of H-pyrrole nitrogens is 1. The molecule has 2 aromatic heterocycles. The Labute approximate surface area is 225 Å². The second kappa shape index (κ2) is 12.5. The van der Waals surface area contributed by atoms with Gasteiger partial charge in [-0.15, -0.1) is 13.2 Å². The van der Waals surface area contributed by atoms with Gasteiger partial charge in [0.05, 0.1) is 36.0 Å². The Bertz CT molecular complexity index is 1520. The summed E-state index contributed by atoms with van der Waals surface area (Å²) in [6.07, 6.45) is -1.66. The summed E-state index contributed by atoms with van der Waals surface area (Å²) in [4.78, 5) is 25.1. The normalized spacial score (nSPS) is 11.8. The Balaban J connectivity index is 1.24. The van der Waals surface area contributed by atoms with Crippen molar-refractivity contribution in [3.05, 3.63) is 69.1 Å². The average molecular weight is 567 g/mol. The maximum absolute atomic E-state index is 13.1. The van der Waals surface area contributed by atoms with E-state index in [2.05, 4.69) is 20.3 Å². The molecule has 0 fully saturated rings. The van der Waals surface area contributed by atoms with Crippen LogP contribution in [0.5, 0.6) is 5.75 Å². The Kier molecular flexibility index (Phi) is 9.10. The summed E-state index contributed by atoms with van der Waals surface area (Å²) in [5.41, 5.74) is 1.77. The Morgan fingerprint density at radius 3 is 2.69 bits per heavy atom. The lowest BCUT2D eigenvalue weighted by Gasteiger charge is -2.13. The standard InChI is InChI=1S/C26H26ClF3N4O5/c1-37-25(36)17-5-6-18-19-15-32-33-23(19)24(35)34(21(18)13-17)9-11-38-10-3-2-8-31-14-16-4-7-22(20(27)12-16)39-26(28,29)30/h4-7,12-13,15,31H,2-3,8-11,14H2,1H3,(H,32,33). The van der Waals surface area contributed by atoms with Crippen LogP contribution in [0.3, 0.4) is 0 Å². The molecule has 39 heavy (non-hydrogen) atoms. The first-order chi connectivity index (χ1) is 18.7. The van der Waals surface area contributed by atoms with Crippen molar-refractivity contribution in [2.75, 3.05) is 26.9 Å². The summed E-state index contributed by atoms with van der Waals surface area (Å²) in [6, 6.07) is 9.18. The van der Waals surface area contributed by atoms with Crippen molar-refractivity contribution in [3.63, 3.8) is 0 Å². The molecule has 4 rings (SSSR count). The quantitative estimate of drug-likeness (QED) is 0.187. The van der Waals surface area contributed by atoms with Crippen molar-refractivity contribution < 1.29 is 32.2 Å². The largest absolute Gasteiger partial charge is 0.573 e. The molecule has 2 heterocycles. The van der Waals surface area contributed by atoms with Gasteiger partial charge < -0.3 is 24.1 Å². The van der Waals surface area contributed by atoms with Crippen LogP contribution >= 0.6 is 11.6 Å². The van der Waals surface area contributed by atoms with Crippen molar-refractivity contribution in [1.29, 1.82) is 0 Å². The van der Waals surface area contributed by atoms with Gasteiger partial charge in [-0.05, 0) is 49.2 Å². The molecule has 0 spiro atoms. The third kappa shape index (κ3) is 7.08. The first-order valence-electron chi connectivity index (χ1n) is 12.1. The fourth-order valence-electron chi connectivity index (χ4n) is 4.15. The number of rotatable bonds is 12. The molecular weight excluding hydrogens is 541 g/mol. The number of carbonyl (C=O) groups is 1. The molecule has 9 nitrogen and oxygen atoms in total. The molecule has 0 aliphatic heterocycles. The van der Waals surface area contributed by atoms with E-state index in [4.69, 9.17) is 21.1 Å². The molecule has 0 aliphatic rings. The van der Waals surface area contributed by atoms with Crippen molar-refractivity contribution >= 4 is 39.4 Å². The lowest BCUT2D eigenvalue weighted by molar-refractivity contribution is -0.274. The van der Waals surface area contributed by atoms with E-state index in [0.717, 1.165) is 23.8 Å². The van der Waals surface area contributed by atoms with Crippen molar-refractivity contribution in [2.24, 2.45) is 0 Å². The van der Waals surface area contributed by atoms with E-state index < -0.39 is 18.1 Å². The number of pyridine rings is 1. The minimum absolute atomic E-state index is 0.111. The second-order valence-electron chi connectivity index (χ2n) is 8.65. The number of fused-ring (bicyclic) bond motifs is 3. The zero-order chi connectivity index (χ0) is 28.0. The van der Waals surface area contributed by atoms with Gasteiger partial charge in [-0.2, -0.15) is 5.10 Å². The van der Waals surface area contributed by atoms with Gasteiger partial charge in [0.15, 0.2) is 0 Å². The number of halogens is 4. The summed E-state index contributed by atoms with van der Waals surface area (Å²) in [5, 5.41) is 11.3. The number of carbonyl (C=O) groups excluding carboxylic acids is 1. The molecule has 4 aromatic rings. The number of hydrogen-bond donors (Lipinski definition) is 2. The van der Waals surface area contributed by atoms with E-state index in [-0.39, 0.29) is 23.7 Å². The minimum atomic E-state index is -4.80. The lowest BCUT2D eigenvalue weighted by atomic mass is 10.1. The van der Waals surface area contributed by atoms with E-state index >= 15 is 0 Å². The summed E-state index contributed by atoms with van der Waals surface area (Å²) in [7, 11) is 1.30. The van der Waals surface area contributed by atoms with Gasteiger partial charge in [-0.3, -0.25) is 9.89 Å². The topological polar surface area (TPSA) is 107 Å². The number of methoxy groups -OCH3 is 1. The molecule has 2 aromatic carbocycles. The third-order valence-electron chi connectivity index (χ3n) is 6.00. The fourth-order valence-corrected chi connectivity index (χ4v) is 4.40. The number of aromatic nitrogens is 3. The minimum Gasteiger partial charge on any atom is -0.465 e. The van der Waals surface area contributed by atoms with Gasteiger partial charge in [-0.1, -0.05) is 23.7 Å². The maximum Gasteiger partial charge on any atom is 0.573 e. The number of hydrogen-bond acceptors (Lipinski definition) is 7. The van der Waals surface area contributed by atoms with Gasteiger partial charge in [-0.25, -0.2) is 4.79 Å². The van der Waals surface area contributed by atoms with Gasteiger partial charge >= 0.3 is 12.3 Å². The van der Waals surface area contributed by atoms with E-state index in [1.807, 2.05) is 0 Å². The molecule has 13 heteroatoms. The highest BCUT2D eigenvalue weighted by molar-refractivity contribution is 6.32. The lowest BCUT2D eigenvalue weighted by Crippen LogP contribution is -2.24. The first kappa shape index (κ1) is 28.4. The fraction of sp³-hybridized carbons (Fsp3) is 0.346. The van der Waals surface area contributed by atoms with Gasteiger partial charge in [0.1, 0.15) is 11.3 Å². The van der Waals surface area contributed by atoms with Crippen LogP contribution in [0, 0.1) is 0 Å². The van der Waals surface area contributed by atoms with Crippen LogP contribution < -0.4 is 15.6 Å². The Morgan fingerprint density at radius 1 is 1.13 bits per heavy atom. The van der Waals surface area contributed by atoms with Crippen LogP contribution in [0.15, 0.2) is 47.4 Å². The summed E-state index contributed by atoms with van der Waals surface area (Å²) in [5.74, 6) is -0.933. The van der Waals surface area contributed by atoms with Crippen LogP contribution in [0.4, 0.5) is 13.2 Å². The van der Waals surface area contributed by atoms with Crippen molar-refractivity contribution in [1.82, 2.24) is 20.1 Å². The SMILES string of the molecule is COC(=O)c1ccc2c3cn[nH]c3c(=O)n(CCOCCCCNCc3ccc(OC(F)(F)F)c(Cl)c3)c2c1. The number of nitrogens with one attached hydrogen (secondary N) is 2. The maximum atomic E-state index is 13.1. The number of esters is 1. The molecule has 208 valence electrons. The van der Waals surface area contributed by atoms with Crippen LogP contribution in [0.2, 0.25) is 5.02 Å². The molecular formula is C26H26ClF3N4O5. The molecule has 0 bridgehead atoms. The Hall–Kier alpha value is -3.61. The molecule has 0 unspecified atom stereocenters. The van der Waals surface area contributed by atoms with E-state index in [9.17, 15) is 22.8 Å². The van der Waals surface area contributed by atoms with Crippen LogP contribution in [0.25, 0.3) is 21.8 Å². The number of aromatic amines is 1. The number of unbranched alkanes of at least 4 members (excludes halogenated alkanes) is 1. The first-order valence-corrected chi connectivity index (χ1v) is 12.5. The molecule has 2 N–H and O–H groups in total. The second-order valence-corrected chi connectivity index (χ2v) is 9.06. The van der Waals surface area contributed by atoms with Crippen LogP contribution in [-0.2, 0) is 22.6 Å². The molecule has 0 saturated carbocycles. The summed E-state index contributed by atoms with van der Waals surface area (Å²) < 4.78 is 53.0. The highest BCUT2D eigenvalue weighted by Crippen LogP contribution is 2.30. The van der Waals surface area contributed by atoms with E-state index in [1.54, 1.807) is 29.0 Å².